The molecule has 0 radical (unpaired) electrons. The summed E-state index contributed by atoms with van der Waals surface area (Å²) >= 11 is 3.45. The summed E-state index contributed by atoms with van der Waals surface area (Å²) in [5.41, 5.74) is 7.03. The molecule has 0 bridgehead atoms. The predicted octanol–water partition coefficient (Wildman–Crippen LogP) is 7.91. The number of nitrogens with zero attached hydrogens (tertiary/aromatic N) is 1. The standard InChI is InChI=1S/C30H34N2OS2/c1-5-7-9-23(10-8-6-2)33-24-15-19(3)27(20(4)16-24)28(25-17-21-11-13-34-29(21)31-25)26-18-22-12-14-35-30(22)32-26/h11-18,23,31H,5-10H2,1-4H3/b28-26+. The molecule has 0 saturated heterocycles. The molecule has 5 rings (SSSR count). The third-order valence-corrected chi connectivity index (χ3v) is 8.44. The van der Waals surface area contributed by atoms with Gasteiger partial charge in [-0.2, -0.15) is 0 Å². The molecule has 4 aromatic rings. The van der Waals surface area contributed by atoms with E-state index >= 15 is 0 Å². The number of unbranched alkanes of at least 4 members (excludes halogenated alkanes) is 2. The van der Waals surface area contributed by atoms with Crippen LogP contribution in [0.5, 0.6) is 5.75 Å². The van der Waals surface area contributed by atoms with E-state index in [9.17, 15) is 0 Å². The van der Waals surface area contributed by atoms with Gasteiger partial charge in [0.15, 0.2) is 0 Å². The number of ether oxygens (including phenoxy) is 1. The Hall–Kier alpha value is -2.63. The number of hydrogen-bond acceptors (Lipinski definition) is 4. The molecule has 0 atom stereocenters. The van der Waals surface area contributed by atoms with Crippen molar-refractivity contribution in [3.05, 3.63) is 79.1 Å². The number of nitrogens with one attached hydrogen (secondary N) is 1. The highest BCUT2D eigenvalue weighted by Gasteiger charge is 2.21. The first-order valence-corrected chi connectivity index (χ1v) is 14.6. The van der Waals surface area contributed by atoms with Gasteiger partial charge in [0.25, 0.3) is 0 Å². The van der Waals surface area contributed by atoms with Gasteiger partial charge in [0.2, 0.25) is 0 Å². The Morgan fingerprint density at radius 2 is 1.69 bits per heavy atom. The van der Waals surface area contributed by atoms with Gasteiger partial charge in [-0.1, -0.05) is 39.5 Å². The number of aryl methyl sites for hydroxylation is 2. The molecule has 0 aliphatic carbocycles. The molecule has 3 nitrogen and oxygen atoms in total. The molecule has 1 N–H and O–H groups in total. The highest BCUT2D eigenvalue weighted by Crippen LogP contribution is 2.37. The summed E-state index contributed by atoms with van der Waals surface area (Å²) in [6.07, 6.45) is 9.62. The lowest BCUT2D eigenvalue weighted by atomic mass is 9.91. The summed E-state index contributed by atoms with van der Waals surface area (Å²) < 4.78 is 7.66. The minimum atomic E-state index is 0.293. The van der Waals surface area contributed by atoms with Gasteiger partial charge in [-0.05, 0) is 90.5 Å². The Morgan fingerprint density at radius 3 is 2.34 bits per heavy atom. The summed E-state index contributed by atoms with van der Waals surface area (Å²) in [6.45, 7) is 8.92. The molecule has 182 valence electrons. The molecule has 1 aromatic carbocycles. The molecule has 0 spiro atoms. The quantitative estimate of drug-likeness (QED) is 0.235. The maximum Gasteiger partial charge on any atom is 0.124 e. The van der Waals surface area contributed by atoms with Gasteiger partial charge in [-0.3, -0.25) is 0 Å². The predicted molar refractivity (Wildman–Crippen MR) is 151 cm³/mol. The van der Waals surface area contributed by atoms with E-state index in [-0.39, 0.29) is 0 Å². The summed E-state index contributed by atoms with van der Waals surface area (Å²) in [5, 5.41) is 6.71. The van der Waals surface area contributed by atoms with Crippen molar-refractivity contribution < 1.29 is 4.74 Å². The van der Waals surface area contributed by atoms with Gasteiger partial charge in [0.05, 0.1) is 11.8 Å². The molecule has 4 heterocycles. The first-order chi connectivity index (χ1) is 17.1. The summed E-state index contributed by atoms with van der Waals surface area (Å²) in [7, 11) is 0. The van der Waals surface area contributed by atoms with E-state index in [1.165, 1.54) is 63.4 Å². The zero-order valence-corrected chi connectivity index (χ0v) is 22.7. The lowest BCUT2D eigenvalue weighted by molar-refractivity contribution is 0.174. The molecule has 1 aliphatic heterocycles. The molecule has 0 unspecified atom stereocenters. The number of allylic oxidation sites excluding steroid dienone is 1. The Balaban J connectivity index is 1.57. The van der Waals surface area contributed by atoms with E-state index in [4.69, 9.17) is 9.73 Å². The van der Waals surface area contributed by atoms with Crippen LogP contribution in [0.25, 0.3) is 21.9 Å². The Morgan fingerprint density at radius 1 is 0.971 bits per heavy atom. The number of benzene rings is 1. The highest BCUT2D eigenvalue weighted by atomic mass is 32.1. The third-order valence-electron chi connectivity index (χ3n) is 6.78. The number of fused-ring (bicyclic) bond motifs is 2. The summed E-state index contributed by atoms with van der Waals surface area (Å²) in [4.78, 5) is 9.91. The number of aromatic nitrogens is 1. The van der Waals surface area contributed by atoms with Crippen molar-refractivity contribution in [2.45, 2.75) is 72.3 Å². The fraction of sp³-hybridized carbons (Fsp3) is 0.367. The second kappa shape index (κ2) is 10.5. The second-order valence-corrected chi connectivity index (χ2v) is 11.4. The van der Waals surface area contributed by atoms with Crippen LogP contribution in [0.2, 0.25) is 0 Å². The van der Waals surface area contributed by atoms with Crippen LogP contribution in [0.1, 0.15) is 74.8 Å². The van der Waals surface area contributed by atoms with Crippen LogP contribution in [0, 0.1) is 13.8 Å². The summed E-state index contributed by atoms with van der Waals surface area (Å²) in [5.74, 6) is 0.990. The molecular weight excluding hydrogens is 468 g/mol. The SMILES string of the molecule is CCCCC(CCCC)Oc1cc(C)c(/C(=C2\C=c3ccsc3=N2)c2cc3ccsc3[nH]2)c(C)c1. The van der Waals surface area contributed by atoms with Gasteiger partial charge in [-0.25, -0.2) is 4.99 Å². The molecular formula is C30H34N2OS2. The average molecular weight is 503 g/mol. The topological polar surface area (TPSA) is 37.4 Å². The largest absolute Gasteiger partial charge is 0.490 e. The number of aromatic amines is 1. The van der Waals surface area contributed by atoms with Crippen LogP contribution in [0.15, 0.2) is 51.8 Å². The molecule has 1 aliphatic rings. The second-order valence-electron chi connectivity index (χ2n) is 9.54. The van der Waals surface area contributed by atoms with Crippen molar-refractivity contribution in [2.75, 3.05) is 0 Å². The lowest BCUT2D eigenvalue weighted by Gasteiger charge is -2.22. The van der Waals surface area contributed by atoms with Crippen LogP contribution in [0.3, 0.4) is 0 Å². The van der Waals surface area contributed by atoms with Gasteiger partial charge in [0, 0.05) is 21.9 Å². The smallest absolute Gasteiger partial charge is 0.124 e. The van der Waals surface area contributed by atoms with E-state index in [2.05, 4.69) is 79.8 Å². The van der Waals surface area contributed by atoms with E-state index in [0.29, 0.717) is 6.10 Å². The Labute approximate surface area is 215 Å². The van der Waals surface area contributed by atoms with Crippen molar-refractivity contribution in [1.82, 2.24) is 4.98 Å². The van der Waals surface area contributed by atoms with Gasteiger partial charge < -0.3 is 9.72 Å². The van der Waals surface area contributed by atoms with Crippen LogP contribution in [0.4, 0.5) is 0 Å². The first kappa shape index (κ1) is 24.1. The van der Waals surface area contributed by atoms with Crippen molar-refractivity contribution >= 4 is 44.5 Å². The van der Waals surface area contributed by atoms with Crippen LogP contribution in [-0.4, -0.2) is 11.1 Å². The molecule has 0 fully saturated rings. The lowest BCUT2D eigenvalue weighted by Crippen LogP contribution is -2.17. The first-order valence-electron chi connectivity index (χ1n) is 12.8. The van der Waals surface area contributed by atoms with Crippen molar-refractivity contribution in [3.63, 3.8) is 0 Å². The number of hydrogen-bond donors (Lipinski definition) is 1. The van der Waals surface area contributed by atoms with Gasteiger partial charge in [-0.15, -0.1) is 22.7 Å². The highest BCUT2D eigenvalue weighted by molar-refractivity contribution is 7.16. The zero-order valence-electron chi connectivity index (χ0n) is 21.1. The minimum Gasteiger partial charge on any atom is -0.490 e. The maximum absolute atomic E-state index is 6.57. The fourth-order valence-electron chi connectivity index (χ4n) is 5.02. The Kier molecular flexibility index (Phi) is 7.26. The van der Waals surface area contributed by atoms with Crippen LogP contribution < -0.4 is 14.6 Å². The van der Waals surface area contributed by atoms with E-state index in [1.54, 1.807) is 22.7 Å². The minimum absolute atomic E-state index is 0.293. The van der Waals surface area contributed by atoms with Crippen molar-refractivity contribution in [1.29, 1.82) is 0 Å². The average Bonchev–Trinajstić information content (AvgIpc) is 3.59. The van der Waals surface area contributed by atoms with E-state index < -0.39 is 0 Å². The molecule has 5 heteroatoms. The molecule has 35 heavy (non-hydrogen) atoms. The van der Waals surface area contributed by atoms with Crippen LogP contribution in [-0.2, 0) is 0 Å². The van der Waals surface area contributed by atoms with Gasteiger partial charge >= 0.3 is 0 Å². The van der Waals surface area contributed by atoms with Crippen molar-refractivity contribution in [3.8, 4) is 5.75 Å². The van der Waals surface area contributed by atoms with Crippen LogP contribution >= 0.6 is 22.7 Å². The number of H-pyrrole nitrogens is 1. The van der Waals surface area contributed by atoms with Crippen molar-refractivity contribution in [2.24, 2.45) is 4.99 Å². The van der Waals surface area contributed by atoms with Gasteiger partial charge in [0.1, 0.15) is 15.3 Å². The normalized spacial score (nSPS) is 14.3. The summed E-state index contributed by atoms with van der Waals surface area (Å²) in [6, 6.07) is 11.1. The molecule has 3 aromatic heterocycles. The third kappa shape index (κ3) is 5.03. The maximum atomic E-state index is 6.57. The zero-order chi connectivity index (χ0) is 24.4. The Bertz CT molecular complexity index is 1390. The fourth-order valence-corrected chi connectivity index (χ4v) is 6.56. The molecule has 0 saturated carbocycles. The van der Waals surface area contributed by atoms with E-state index in [1.807, 2.05) is 0 Å². The van der Waals surface area contributed by atoms with E-state index in [0.717, 1.165) is 34.7 Å². The number of rotatable bonds is 10. The molecule has 0 amide bonds. The monoisotopic (exact) mass is 502 g/mol. The number of thiophene rings is 2.